The van der Waals surface area contributed by atoms with E-state index in [9.17, 15) is 0 Å². The normalized spacial score (nSPS) is 21.2. The van der Waals surface area contributed by atoms with Gasteiger partial charge in [0.25, 0.3) is 0 Å². The Morgan fingerprint density at radius 1 is 1.33 bits per heavy atom. The first-order valence-corrected chi connectivity index (χ1v) is 7.08. The van der Waals surface area contributed by atoms with Crippen molar-refractivity contribution in [1.82, 2.24) is 4.90 Å². The lowest BCUT2D eigenvalue weighted by atomic mass is 9.93. The molecule has 4 heteroatoms. The van der Waals surface area contributed by atoms with Gasteiger partial charge in [0, 0.05) is 34.7 Å². The van der Waals surface area contributed by atoms with Crippen molar-refractivity contribution >= 4 is 23.2 Å². The molecule has 100 valence electrons. The van der Waals surface area contributed by atoms with Gasteiger partial charge in [0.2, 0.25) is 0 Å². The fourth-order valence-electron chi connectivity index (χ4n) is 2.70. The number of likely N-dealkylation sites (tertiary alicyclic amines) is 1. The largest absolute Gasteiger partial charge is 0.329 e. The number of hydrogen-bond acceptors (Lipinski definition) is 2. The number of benzene rings is 1. The van der Waals surface area contributed by atoms with Gasteiger partial charge in [0.1, 0.15) is 0 Å². The SMILES string of the molecule is CC1(C)CCN(C(CN)c2c(Cl)cccc2Cl)C1. The smallest absolute Gasteiger partial charge is 0.0500 e. The average Bonchev–Trinajstić information content (AvgIpc) is 2.64. The second-order valence-corrected chi connectivity index (χ2v) is 6.59. The molecular formula is C14H20Cl2N2. The molecule has 18 heavy (non-hydrogen) atoms. The van der Waals surface area contributed by atoms with Crippen molar-refractivity contribution in [3.63, 3.8) is 0 Å². The van der Waals surface area contributed by atoms with Crippen LogP contribution in [0.1, 0.15) is 31.9 Å². The Morgan fingerprint density at radius 3 is 2.39 bits per heavy atom. The van der Waals surface area contributed by atoms with E-state index in [-0.39, 0.29) is 6.04 Å². The summed E-state index contributed by atoms with van der Waals surface area (Å²) >= 11 is 12.6. The van der Waals surface area contributed by atoms with E-state index in [1.165, 1.54) is 6.42 Å². The van der Waals surface area contributed by atoms with Gasteiger partial charge >= 0.3 is 0 Å². The number of hydrogen-bond donors (Lipinski definition) is 1. The highest BCUT2D eigenvalue weighted by atomic mass is 35.5. The number of nitrogens with zero attached hydrogens (tertiary/aromatic N) is 1. The Bertz CT molecular complexity index is 412. The van der Waals surface area contributed by atoms with Gasteiger partial charge in [0.15, 0.2) is 0 Å². The lowest BCUT2D eigenvalue weighted by Crippen LogP contribution is -2.33. The highest BCUT2D eigenvalue weighted by molar-refractivity contribution is 6.36. The van der Waals surface area contributed by atoms with E-state index in [4.69, 9.17) is 28.9 Å². The minimum atomic E-state index is 0.118. The van der Waals surface area contributed by atoms with Crippen molar-refractivity contribution in [2.24, 2.45) is 11.1 Å². The molecule has 2 rings (SSSR count). The fourth-order valence-corrected chi connectivity index (χ4v) is 3.35. The maximum atomic E-state index is 6.29. The highest BCUT2D eigenvalue weighted by Gasteiger charge is 2.34. The van der Waals surface area contributed by atoms with Gasteiger partial charge in [-0.25, -0.2) is 0 Å². The van der Waals surface area contributed by atoms with E-state index in [2.05, 4.69) is 18.7 Å². The molecular weight excluding hydrogens is 267 g/mol. The Hall–Kier alpha value is -0.280. The second kappa shape index (κ2) is 5.38. The maximum absolute atomic E-state index is 6.29. The van der Waals surface area contributed by atoms with Gasteiger partial charge in [-0.3, -0.25) is 4.90 Å². The third-order valence-corrected chi connectivity index (χ3v) is 4.36. The van der Waals surface area contributed by atoms with Crippen LogP contribution in [0.2, 0.25) is 10.0 Å². The first-order chi connectivity index (χ1) is 8.44. The van der Waals surface area contributed by atoms with E-state index >= 15 is 0 Å². The molecule has 1 aromatic carbocycles. The highest BCUT2D eigenvalue weighted by Crippen LogP contribution is 2.38. The molecule has 0 saturated carbocycles. The van der Waals surface area contributed by atoms with E-state index < -0.39 is 0 Å². The van der Waals surface area contributed by atoms with Crippen LogP contribution in [-0.2, 0) is 0 Å². The molecule has 1 heterocycles. The molecule has 1 fully saturated rings. The van der Waals surface area contributed by atoms with Crippen LogP contribution in [0.15, 0.2) is 18.2 Å². The molecule has 0 aromatic heterocycles. The summed E-state index contributed by atoms with van der Waals surface area (Å²) in [6, 6.07) is 5.75. The van der Waals surface area contributed by atoms with Crippen molar-refractivity contribution in [3.05, 3.63) is 33.8 Å². The van der Waals surface area contributed by atoms with Gasteiger partial charge in [-0.15, -0.1) is 0 Å². The van der Waals surface area contributed by atoms with Crippen molar-refractivity contribution in [1.29, 1.82) is 0 Å². The molecule has 2 N–H and O–H groups in total. The van der Waals surface area contributed by atoms with Crippen molar-refractivity contribution in [2.75, 3.05) is 19.6 Å². The van der Waals surface area contributed by atoms with E-state index in [0.717, 1.165) is 18.7 Å². The molecule has 0 aliphatic carbocycles. The molecule has 0 bridgehead atoms. The summed E-state index contributed by atoms with van der Waals surface area (Å²) in [6.07, 6.45) is 1.19. The standard InChI is InChI=1S/C14H20Cl2N2/c1-14(2)6-7-18(9-14)12(8-17)13-10(15)4-3-5-11(13)16/h3-5,12H,6-9,17H2,1-2H3. The Labute approximate surface area is 119 Å². The third kappa shape index (κ3) is 2.83. The van der Waals surface area contributed by atoms with E-state index in [1.807, 2.05) is 18.2 Å². The number of nitrogens with two attached hydrogens (primary N) is 1. The van der Waals surface area contributed by atoms with Crippen LogP contribution in [0.3, 0.4) is 0 Å². The third-order valence-electron chi connectivity index (χ3n) is 3.70. The number of halogens is 2. The molecule has 1 aromatic rings. The quantitative estimate of drug-likeness (QED) is 0.918. The van der Waals surface area contributed by atoms with Crippen molar-refractivity contribution in [2.45, 2.75) is 26.3 Å². The predicted octanol–water partition coefficient (Wildman–Crippen LogP) is 3.73. The lowest BCUT2D eigenvalue weighted by Gasteiger charge is -2.29. The fraction of sp³-hybridized carbons (Fsp3) is 0.571. The van der Waals surface area contributed by atoms with Gasteiger partial charge in [-0.1, -0.05) is 43.1 Å². The summed E-state index contributed by atoms with van der Waals surface area (Å²) in [5, 5.41) is 1.42. The summed E-state index contributed by atoms with van der Waals surface area (Å²) in [4.78, 5) is 2.40. The molecule has 2 nitrogen and oxygen atoms in total. The Balaban J connectivity index is 2.29. The summed E-state index contributed by atoms with van der Waals surface area (Å²) in [5.74, 6) is 0. The van der Waals surface area contributed by atoms with Gasteiger partial charge in [0.05, 0.1) is 0 Å². The minimum Gasteiger partial charge on any atom is -0.329 e. The van der Waals surface area contributed by atoms with Crippen LogP contribution < -0.4 is 5.73 Å². The zero-order valence-corrected chi connectivity index (χ0v) is 12.4. The topological polar surface area (TPSA) is 29.3 Å². The zero-order chi connectivity index (χ0) is 13.3. The van der Waals surface area contributed by atoms with Crippen LogP contribution in [0.25, 0.3) is 0 Å². The molecule has 1 saturated heterocycles. The molecule has 0 spiro atoms. The average molecular weight is 287 g/mol. The summed E-state index contributed by atoms with van der Waals surface area (Å²) in [7, 11) is 0. The first-order valence-electron chi connectivity index (χ1n) is 6.32. The van der Waals surface area contributed by atoms with Crippen LogP contribution in [0, 0.1) is 5.41 Å². The summed E-state index contributed by atoms with van der Waals surface area (Å²) in [5.41, 5.74) is 7.27. The van der Waals surface area contributed by atoms with E-state index in [0.29, 0.717) is 22.0 Å². The molecule has 1 aliphatic heterocycles. The molecule has 0 amide bonds. The van der Waals surface area contributed by atoms with Gasteiger partial charge < -0.3 is 5.73 Å². The van der Waals surface area contributed by atoms with Crippen LogP contribution >= 0.6 is 23.2 Å². The minimum absolute atomic E-state index is 0.118. The predicted molar refractivity (Wildman–Crippen MR) is 78.2 cm³/mol. The van der Waals surface area contributed by atoms with Crippen molar-refractivity contribution in [3.8, 4) is 0 Å². The van der Waals surface area contributed by atoms with Crippen LogP contribution in [-0.4, -0.2) is 24.5 Å². The first kappa shape index (κ1) is 14.1. The van der Waals surface area contributed by atoms with Gasteiger partial charge in [-0.05, 0) is 30.5 Å². The summed E-state index contributed by atoms with van der Waals surface area (Å²) < 4.78 is 0. The van der Waals surface area contributed by atoms with E-state index in [1.54, 1.807) is 0 Å². The van der Waals surface area contributed by atoms with Crippen LogP contribution in [0.4, 0.5) is 0 Å². The number of rotatable bonds is 3. The summed E-state index contributed by atoms with van der Waals surface area (Å²) in [6.45, 7) is 7.20. The van der Waals surface area contributed by atoms with Crippen LogP contribution in [0.5, 0.6) is 0 Å². The molecule has 1 unspecified atom stereocenters. The lowest BCUT2D eigenvalue weighted by molar-refractivity contribution is 0.223. The Kier molecular flexibility index (Phi) is 4.22. The second-order valence-electron chi connectivity index (χ2n) is 5.77. The monoisotopic (exact) mass is 286 g/mol. The van der Waals surface area contributed by atoms with Gasteiger partial charge in [-0.2, -0.15) is 0 Å². The molecule has 0 radical (unpaired) electrons. The molecule has 1 aliphatic rings. The zero-order valence-electron chi connectivity index (χ0n) is 10.9. The Morgan fingerprint density at radius 2 is 1.94 bits per heavy atom. The molecule has 1 atom stereocenters. The maximum Gasteiger partial charge on any atom is 0.0500 e. The van der Waals surface area contributed by atoms with Crippen molar-refractivity contribution < 1.29 is 0 Å².